The Kier molecular flexibility index (Phi) is 6.34. The molecular weight excluding hydrogens is 393 g/mol. The molecule has 0 amide bonds. The van der Waals surface area contributed by atoms with E-state index >= 15 is 0 Å². The SMILES string of the molecule is CC(C)(C)[Si](C)(C)OC/C(=C(\Br)C(O)c1ccco1)C(F)(F)F. The summed E-state index contributed by atoms with van der Waals surface area (Å²) in [5.74, 6) is 0.0333. The van der Waals surface area contributed by atoms with E-state index in [0.717, 1.165) is 0 Å². The molecular formula is C15H22BrF3O3Si. The fourth-order valence-electron chi connectivity index (χ4n) is 1.49. The summed E-state index contributed by atoms with van der Waals surface area (Å²) in [5.41, 5.74) is -0.939. The number of furan rings is 1. The highest BCUT2D eigenvalue weighted by molar-refractivity contribution is 9.11. The molecule has 1 N–H and O–H groups in total. The molecule has 1 rings (SSSR count). The van der Waals surface area contributed by atoms with Crippen molar-refractivity contribution in [1.29, 1.82) is 0 Å². The molecule has 1 atom stereocenters. The molecule has 1 aromatic heterocycles. The predicted molar refractivity (Wildman–Crippen MR) is 88.8 cm³/mol. The van der Waals surface area contributed by atoms with Crippen molar-refractivity contribution in [2.45, 2.75) is 51.2 Å². The zero-order valence-corrected chi connectivity index (χ0v) is 16.4. The van der Waals surface area contributed by atoms with Crippen LogP contribution in [-0.4, -0.2) is 26.2 Å². The summed E-state index contributed by atoms with van der Waals surface area (Å²) in [7, 11) is -2.35. The zero-order chi connectivity index (χ0) is 18.1. The highest BCUT2D eigenvalue weighted by Gasteiger charge is 2.42. The van der Waals surface area contributed by atoms with Crippen LogP contribution in [0.3, 0.4) is 0 Å². The molecule has 0 aliphatic rings. The predicted octanol–water partition coefficient (Wildman–Crippen LogP) is 5.55. The van der Waals surface area contributed by atoms with E-state index < -0.39 is 37.3 Å². The van der Waals surface area contributed by atoms with Gasteiger partial charge in [-0.25, -0.2) is 0 Å². The van der Waals surface area contributed by atoms with Crippen LogP contribution in [0.4, 0.5) is 13.2 Å². The number of hydrogen-bond acceptors (Lipinski definition) is 3. The van der Waals surface area contributed by atoms with Gasteiger partial charge in [0.05, 0.1) is 18.4 Å². The van der Waals surface area contributed by atoms with Crippen LogP contribution in [0.25, 0.3) is 0 Å². The molecule has 0 aliphatic heterocycles. The van der Waals surface area contributed by atoms with Gasteiger partial charge in [-0.05, 0) is 30.3 Å². The van der Waals surface area contributed by atoms with E-state index in [1.165, 1.54) is 18.4 Å². The number of alkyl halides is 3. The molecule has 1 heterocycles. The van der Waals surface area contributed by atoms with Gasteiger partial charge in [0.25, 0.3) is 0 Å². The highest BCUT2D eigenvalue weighted by atomic mass is 79.9. The first kappa shape index (κ1) is 20.5. The summed E-state index contributed by atoms with van der Waals surface area (Å²) in [6.45, 7) is 8.98. The van der Waals surface area contributed by atoms with Crippen LogP contribution in [0, 0.1) is 0 Å². The maximum Gasteiger partial charge on any atom is 0.415 e. The van der Waals surface area contributed by atoms with Gasteiger partial charge in [-0.1, -0.05) is 36.7 Å². The first-order valence-electron chi connectivity index (χ1n) is 7.08. The van der Waals surface area contributed by atoms with Crippen LogP contribution in [-0.2, 0) is 4.43 Å². The first-order chi connectivity index (χ1) is 10.3. The average molecular weight is 415 g/mol. The van der Waals surface area contributed by atoms with Gasteiger partial charge in [0.2, 0.25) is 0 Å². The lowest BCUT2D eigenvalue weighted by Crippen LogP contribution is -2.42. The first-order valence-corrected chi connectivity index (χ1v) is 10.8. The summed E-state index contributed by atoms with van der Waals surface area (Å²) >= 11 is 2.87. The van der Waals surface area contributed by atoms with Gasteiger partial charge >= 0.3 is 6.18 Å². The van der Waals surface area contributed by atoms with Gasteiger partial charge in [-0.3, -0.25) is 0 Å². The van der Waals surface area contributed by atoms with Crippen LogP contribution < -0.4 is 0 Å². The largest absolute Gasteiger partial charge is 0.466 e. The summed E-state index contributed by atoms with van der Waals surface area (Å²) in [6, 6.07) is 2.91. The Bertz CT molecular complexity index is 545. The molecule has 8 heteroatoms. The molecule has 1 unspecified atom stereocenters. The Labute approximate surface area is 143 Å². The molecule has 0 saturated carbocycles. The number of rotatable bonds is 5. The van der Waals surface area contributed by atoms with Gasteiger partial charge in [0.1, 0.15) is 11.9 Å². The highest BCUT2D eigenvalue weighted by Crippen LogP contribution is 2.40. The molecule has 0 spiro atoms. The lowest BCUT2D eigenvalue weighted by molar-refractivity contribution is -0.0983. The summed E-state index contributed by atoms with van der Waals surface area (Å²) in [5, 5.41) is 9.85. The van der Waals surface area contributed by atoms with Crippen molar-refractivity contribution in [3.8, 4) is 0 Å². The van der Waals surface area contributed by atoms with Crippen molar-refractivity contribution in [2.75, 3.05) is 6.61 Å². The summed E-state index contributed by atoms with van der Waals surface area (Å²) in [6.07, 6.45) is -4.85. The van der Waals surface area contributed by atoms with Crippen molar-refractivity contribution >= 4 is 24.2 Å². The molecule has 0 saturated heterocycles. The summed E-state index contributed by atoms with van der Waals surface area (Å²) < 4.78 is 50.3. The third-order valence-electron chi connectivity index (χ3n) is 4.07. The van der Waals surface area contributed by atoms with Crippen molar-refractivity contribution in [1.82, 2.24) is 0 Å². The minimum absolute atomic E-state index is 0.0333. The van der Waals surface area contributed by atoms with E-state index in [1.807, 2.05) is 33.9 Å². The third-order valence-corrected chi connectivity index (χ3v) is 9.46. The van der Waals surface area contributed by atoms with E-state index in [1.54, 1.807) is 0 Å². The fraction of sp³-hybridized carbons (Fsp3) is 0.600. The van der Waals surface area contributed by atoms with Crippen molar-refractivity contribution in [2.24, 2.45) is 0 Å². The van der Waals surface area contributed by atoms with Crippen LogP contribution >= 0.6 is 15.9 Å². The van der Waals surface area contributed by atoms with Gasteiger partial charge < -0.3 is 13.9 Å². The molecule has 1 aromatic rings. The molecule has 3 nitrogen and oxygen atoms in total. The van der Waals surface area contributed by atoms with Crippen LogP contribution in [0.1, 0.15) is 32.6 Å². The normalized spacial score (nSPS) is 16.3. The summed E-state index contributed by atoms with van der Waals surface area (Å²) in [4.78, 5) is 0. The average Bonchev–Trinajstić information content (AvgIpc) is 2.88. The second-order valence-corrected chi connectivity index (χ2v) is 12.5. The Hall–Kier alpha value is -0.573. The Morgan fingerprint density at radius 2 is 1.91 bits per heavy atom. The number of halogens is 4. The van der Waals surface area contributed by atoms with E-state index in [9.17, 15) is 18.3 Å². The molecule has 0 radical (unpaired) electrons. The molecule has 23 heavy (non-hydrogen) atoms. The van der Waals surface area contributed by atoms with Crippen LogP contribution in [0.2, 0.25) is 18.1 Å². The minimum atomic E-state index is -4.62. The number of aliphatic hydroxyl groups excluding tert-OH is 1. The van der Waals surface area contributed by atoms with Gasteiger partial charge in [-0.2, -0.15) is 13.2 Å². The van der Waals surface area contributed by atoms with Crippen molar-refractivity contribution in [3.05, 3.63) is 34.2 Å². The van der Waals surface area contributed by atoms with Crippen molar-refractivity contribution in [3.63, 3.8) is 0 Å². The molecule has 0 aromatic carbocycles. The van der Waals surface area contributed by atoms with Gasteiger partial charge in [0.15, 0.2) is 8.32 Å². The van der Waals surface area contributed by atoms with Gasteiger partial charge in [-0.15, -0.1) is 0 Å². The molecule has 132 valence electrons. The van der Waals surface area contributed by atoms with E-state index in [4.69, 9.17) is 8.84 Å². The molecule has 0 aliphatic carbocycles. The Balaban J connectivity index is 3.09. The van der Waals surface area contributed by atoms with E-state index in [2.05, 4.69) is 15.9 Å². The van der Waals surface area contributed by atoms with Crippen molar-refractivity contribution < 1.29 is 27.1 Å². The second kappa shape index (κ2) is 7.12. The molecule has 0 bridgehead atoms. The second-order valence-electron chi connectivity index (χ2n) is 6.79. The van der Waals surface area contributed by atoms with E-state index in [0.29, 0.717) is 0 Å². The maximum absolute atomic E-state index is 13.4. The smallest absolute Gasteiger partial charge is 0.415 e. The Morgan fingerprint density at radius 1 is 1.35 bits per heavy atom. The minimum Gasteiger partial charge on any atom is -0.466 e. The number of aliphatic hydroxyl groups is 1. The Morgan fingerprint density at radius 3 is 2.30 bits per heavy atom. The molecule has 0 fully saturated rings. The number of hydrogen-bond donors (Lipinski definition) is 1. The monoisotopic (exact) mass is 414 g/mol. The fourth-order valence-corrected chi connectivity index (χ4v) is 3.00. The zero-order valence-electron chi connectivity index (χ0n) is 13.8. The van der Waals surface area contributed by atoms with Gasteiger partial charge in [0, 0.05) is 4.48 Å². The standard InChI is InChI=1S/C15H22BrF3O3Si/c1-14(2,3)23(4,5)22-9-10(15(17,18)19)12(16)13(20)11-7-6-8-21-11/h6-8,13,20H,9H2,1-5H3/b12-10+. The quantitative estimate of drug-likeness (QED) is 0.642. The maximum atomic E-state index is 13.4. The topological polar surface area (TPSA) is 42.6 Å². The lowest BCUT2D eigenvalue weighted by atomic mass is 10.1. The third kappa shape index (κ3) is 5.20. The van der Waals surface area contributed by atoms with E-state index in [-0.39, 0.29) is 10.8 Å². The van der Waals surface area contributed by atoms with Crippen LogP contribution in [0.15, 0.2) is 32.9 Å². The lowest BCUT2D eigenvalue weighted by Gasteiger charge is -2.36. The van der Waals surface area contributed by atoms with Crippen LogP contribution in [0.5, 0.6) is 0 Å².